The van der Waals surface area contributed by atoms with Gasteiger partial charge >= 0.3 is 13.7 Å². The van der Waals surface area contributed by atoms with E-state index in [1.165, 1.54) is 4.90 Å². The van der Waals surface area contributed by atoms with E-state index in [0.29, 0.717) is 0 Å². The summed E-state index contributed by atoms with van der Waals surface area (Å²) in [7, 11) is -3.34. The van der Waals surface area contributed by atoms with Crippen LogP contribution in [-0.2, 0) is 29.7 Å². The smallest absolute Gasteiger partial charge is 0.411 e. The number of hydrogen-bond acceptors (Lipinski definition) is 7. The highest BCUT2D eigenvalue weighted by Gasteiger charge is 2.66. The van der Waals surface area contributed by atoms with E-state index in [2.05, 4.69) is 0 Å². The molecule has 0 aromatic heterocycles. The van der Waals surface area contributed by atoms with Crippen LogP contribution in [0.2, 0.25) is 0 Å². The second-order valence-electron chi connectivity index (χ2n) is 6.12. The van der Waals surface area contributed by atoms with Gasteiger partial charge in [0.25, 0.3) is 0 Å². The van der Waals surface area contributed by atoms with Gasteiger partial charge in [-0.1, -0.05) is 30.3 Å². The van der Waals surface area contributed by atoms with Crippen molar-refractivity contribution in [3.8, 4) is 0 Å². The summed E-state index contributed by atoms with van der Waals surface area (Å²) in [5.41, 5.74) is 0.874. The zero-order chi connectivity index (χ0) is 18.7. The van der Waals surface area contributed by atoms with E-state index >= 15 is 0 Å². The van der Waals surface area contributed by atoms with Crippen LogP contribution in [0.25, 0.3) is 0 Å². The molecule has 8 nitrogen and oxygen atoms in total. The van der Waals surface area contributed by atoms with Gasteiger partial charge in [-0.2, -0.15) is 0 Å². The third kappa shape index (κ3) is 4.10. The van der Waals surface area contributed by atoms with Gasteiger partial charge in [0.15, 0.2) is 6.29 Å². The van der Waals surface area contributed by atoms with E-state index in [1.54, 1.807) is 13.8 Å². The summed E-state index contributed by atoms with van der Waals surface area (Å²) >= 11 is 0. The number of carbonyl (C=O) groups excluding carboxylic acids is 1. The molecule has 3 rings (SSSR count). The number of nitrogens with zero attached hydrogens (tertiary/aromatic N) is 1. The normalized spacial score (nSPS) is 27.3. The fraction of sp³-hybridized carbons (Fsp3) is 0.588. The molecule has 1 aromatic carbocycles. The van der Waals surface area contributed by atoms with E-state index in [9.17, 15) is 14.5 Å². The molecule has 2 fully saturated rings. The summed E-state index contributed by atoms with van der Waals surface area (Å²) in [6.07, 6.45) is -2.30. The fourth-order valence-electron chi connectivity index (χ4n) is 3.26. The van der Waals surface area contributed by atoms with Crippen molar-refractivity contribution in [2.75, 3.05) is 19.4 Å². The Morgan fingerprint density at radius 1 is 1.19 bits per heavy atom. The molecule has 0 saturated carbocycles. The van der Waals surface area contributed by atoms with Crippen LogP contribution in [0.5, 0.6) is 0 Å². The maximum Gasteiger partial charge on any atom is 0.411 e. The van der Waals surface area contributed by atoms with E-state index in [4.69, 9.17) is 18.5 Å². The number of fused-ring (bicyclic) bond motifs is 1. The number of carbonyl (C=O) groups is 1. The molecular formula is C17H24NO7P. The third-order valence-electron chi connectivity index (χ3n) is 4.36. The molecule has 144 valence electrons. The molecule has 2 heterocycles. The van der Waals surface area contributed by atoms with Crippen molar-refractivity contribution in [2.24, 2.45) is 0 Å². The Morgan fingerprint density at radius 2 is 1.85 bits per heavy atom. The Bertz CT molecular complexity index is 660. The zero-order valence-electron chi connectivity index (χ0n) is 14.8. The predicted molar refractivity (Wildman–Crippen MR) is 92.6 cm³/mol. The van der Waals surface area contributed by atoms with Crippen molar-refractivity contribution < 1.29 is 33.0 Å². The summed E-state index contributed by atoms with van der Waals surface area (Å²) < 4.78 is 34.0. The Kier molecular flexibility index (Phi) is 5.99. The minimum Gasteiger partial charge on any atom is -0.445 e. The van der Waals surface area contributed by atoms with Gasteiger partial charge in [0.1, 0.15) is 12.6 Å². The number of benzene rings is 1. The lowest BCUT2D eigenvalue weighted by molar-refractivity contribution is -0.115. The SMILES string of the molecule is CCOP(=O)(C[C@H]1OC(O)[C@H]2[C@@H]1N2C(=O)OCc1ccccc1)OCC. The number of aliphatic hydroxyl groups excluding tert-OH is 1. The first kappa shape index (κ1) is 19.3. The van der Waals surface area contributed by atoms with Crippen LogP contribution in [0, 0.1) is 0 Å². The minimum absolute atomic E-state index is 0.0185. The topological polar surface area (TPSA) is 94.3 Å². The molecule has 0 spiro atoms. The number of ether oxygens (including phenoxy) is 2. The Hall–Kier alpha value is -1.44. The molecule has 0 radical (unpaired) electrons. The van der Waals surface area contributed by atoms with Crippen molar-refractivity contribution in [1.82, 2.24) is 4.90 Å². The molecule has 2 saturated heterocycles. The van der Waals surface area contributed by atoms with Gasteiger partial charge in [-0.05, 0) is 19.4 Å². The highest BCUT2D eigenvalue weighted by atomic mass is 31.2. The van der Waals surface area contributed by atoms with Gasteiger partial charge in [-0.3, -0.25) is 9.46 Å². The first-order valence-corrected chi connectivity index (χ1v) is 10.4. The number of rotatable bonds is 8. The van der Waals surface area contributed by atoms with Crippen molar-refractivity contribution >= 4 is 13.7 Å². The molecular weight excluding hydrogens is 361 g/mol. The highest BCUT2D eigenvalue weighted by molar-refractivity contribution is 7.53. The first-order chi connectivity index (χ1) is 12.5. The second-order valence-corrected chi connectivity index (χ2v) is 8.23. The van der Waals surface area contributed by atoms with Gasteiger partial charge in [0.05, 0.1) is 31.5 Å². The Balaban J connectivity index is 1.59. The molecule has 0 aliphatic carbocycles. The summed E-state index contributed by atoms with van der Waals surface area (Å²) in [5.74, 6) is 0. The third-order valence-corrected chi connectivity index (χ3v) is 6.47. The Morgan fingerprint density at radius 3 is 2.46 bits per heavy atom. The van der Waals surface area contributed by atoms with Crippen molar-refractivity contribution in [3.05, 3.63) is 35.9 Å². The average Bonchev–Trinajstić information content (AvgIpc) is 3.28. The lowest BCUT2D eigenvalue weighted by atomic mass is 10.2. The number of amides is 1. The van der Waals surface area contributed by atoms with Crippen molar-refractivity contribution in [1.29, 1.82) is 0 Å². The standard InChI is InChI=1S/C17H24NO7P/c1-3-23-26(21,24-4-2)11-13-14-15(16(19)25-13)18(14)17(20)22-10-12-8-6-5-7-9-12/h5-9,13-16,19H,3-4,10-11H2,1-2H3/t13-,14-,15-,16?,18?/m1/s1. The minimum atomic E-state index is -3.34. The maximum atomic E-state index is 12.7. The molecule has 9 heteroatoms. The quantitative estimate of drug-likeness (QED) is 0.542. The molecule has 2 aliphatic heterocycles. The Labute approximate surface area is 152 Å². The molecule has 2 aliphatic rings. The molecule has 1 unspecified atom stereocenters. The summed E-state index contributed by atoms with van der Waals surface area (Å²) in [5, 5.41) is 10.0. The first-order valence-electron chi connectivity index (χ1n) is 8.69. The van der Waals surface area contributed by atoms with Crippen LogP contribution < -0.4 is 0 Å². The van der Waals surface area contributed by atoms with E-state index < -0.39 is 32.1 Å². The van der Waals surface area contributed by atoms with E-state index in [-0.39, 0.29) is 32.0 Å². The average molecular weight is 385 g/mol. The van der Waals surface area contributed by atoms with E-state index in [0.717, 1.165) is 5.56 Å². The number of aliphatic hydroxyl groups is 1. The van der Waals surface area contributed by atoms with Crippen LogP contribution in [0.15, 0.2) is 30.3 Å². The molecule has 26 heavy (non-hydrogen) atoms. The lowest BCUT2D eigenvalue weighted by Crippen LogP contribution is -2.33. The predicted octanol–water partition coefficient (Wildman–Crippen LogP) is 2.36. The summed E-state index contributed by atoms with van der Waals surface area (Å²) in [6.45, 7) is 4.08. The van der Waals surface area contributed by atoms with Gasteiger partial charge in [-0.15, -0.1) is 0 Å². The van der Waals surface area contributed by atoms with Crippen molar-refractivity contribution in [2.45, 2.75) is 44.9 Å². The maximum absolute atomic E-state index is 12.7. The molecule has 1 amide bonds. The molecule has 0 bridgehead atoms. The van der Waals surface area contributed by atoms with Crippen LogP contribution >= 0.6 is 7.60 Å². The number of morpholine rings is 1. The highest BCUT2D eigenvalue weighted by Crippen LogP contribution is 2.53. The molecule has 1 N–H and O–H groups in total. The lowest BCUT2D eigenvalue weighted by Gasteiger charge is -2.23. The summed E-state index contributed by atoms with van der Waals surface area (Å²) in [6, 6.07) is 8.45. The van der Waals surface area contributed by atoms with Gasteiger partial charge in [0.2, 0.25) is 0 Å². The van der Waals surface area contributed by atoms with Gasteiger partial charge in [0, 0.05) is 0 Å². The van der Waals surface area contributed by atoms with Crippen LogP contribution in [0.3, 0.4) is 0 Å². The van der Waals surface area contributed by atoms with Gasteiger partial charge < -0.3 is 23.6 Å². The van der Waals surface area contributed by atoms with Crippen LogP contribution in [-0.4, -0.2) is 60.0 Å². The second kappa shape index (κ2) is 8.06. The number of hydrogen-bond donors (Lipinski definition) is 1. The van der Waals surface area contributed by atoms with Crippen molar-refractivity contribution in [3.63, 3.8) is 0 Å². The van der Waals surface area contributed by atoms with E-state index in [1.807, 2.05) is 30.3 Å². The largest absolute Gasteiger partial charge is 0.445 e. The van der Waals surface area contributed by atoms with Crippen LogP contribution in [0.4, 0.5) is 4.79 Å². The van der Waals surface area contributed by atoms with Gasteiger partial charge in [-0.25, -0.2) is 4.79 Å². The monoisotopic (exact) mass is 385 g/mol. The molecule has 1 aromatic rings. The molecule has 4 atom stereocenters. The summed E-state index contributed by atoms with van der Waals surface area (Å²) in [4.78, 5) is 13.7. The fourth-order valence-corrected chi connectivity index (χ4v) is 5.07. The zero-order valence-corrected chi connectivity index (χ0v) is 15.7. The van der Waals surface area contributed by atoms with Crippen LogP contribution in [0.1, 0.15) is 19.4 Å².